The Bertz CT molecular complexity index is 364. The van der Waals surface area contributed by atoms with Crippen molar-refractivity contribution < 1.29 is 4.39 Å². The molecule has 0 amide bonds. The average molecular weight is 235 g/mol. The molecular weight excluding hydrogens is 213 g/mol. The molecule has 0 spiro atoms. The van der Waals surface area contributed by atoms with E-state index >= 15 is 0 Å². The Hall–Kier alpha value is -0.890. The molecule has 1 saturated carbocycles. The third-order valence-corrected chi connectivity index (χ3v) is 4.14. The van der Waals surface area contributed by atoms with E-state index in [1.54, 1.807) is 12.1 Å². The van der Waals surface area contributed by atoms with Gasteiger partial charge in [0, 0.05) is 0 Å². The zero-order valence-electron chi connectivity index (χ0n) is 10.5. The van der Waals surface area contributed by atoms with E-state index in [1.807, 2.05) is 12.1 Å². The van der Waals surface area contributed by atoms with Crippen molar-refractivity contribution in [1.29, 1.82) is 0 Å². The van der Waals surface area contributed by atoms with Crippen LogP contribution in [-0.2, 0) is 6.42 Å². The molecule has 94 valence electrons. The van der Waals surface area contributed by atoms with Gasteiger partial charge >= 0.3 is 0 Å². The van der Waals surface area contributed by atoms with Crippen LogP contribution < -0.4 is 5.73 Å². The summed E-state index contributed by atoms with van der Waals surface area (Å²) in [6.07, 6.45) is 4.52. The molecule has 3 atom stereocenters. The van der Waals surface area contributed by atoms with E-state index in [9.17, 15) is 4.39 Å². The first-order valence-electron chi connectivity index (χ1n) is 6.64. The van der Waals surface area contributed by atoms with Crippen LogP contribution in [0.25, 0.3) is 0 Å². The fourth-order valence-corrected chi connectivity index (χ4v) is 3.07. The Labute approximate surface area is 103 Å². The lowest BCUT2D eigenvalue weighted by Gasteiger charge is -2.34. The van der Waals surface area contributed by atoms with Crippen molar-refractivity contribution in [2.45, 2.75) is 32.6 Å². The topological polar surface area (TPSA) is 26.0 Å². The van der Waals surface area contributed by atoms with Crippen molar-refractivity contribution in [1.82, 2.24) is 0 Å². The number of hydrogen-bond donors (Lipinski definition) is 1. The molecule has 2 N–H and O–H groups in total. The molecular formula is C15H22FN. The molecule has 1 aliphatic carbocycles. The van der Waals surface area contributed by atoms with Crippen LogP contribution in [-0.4, -0.2) is 6.54 Å². The van der Waals surface area contributed by atoms with E-state index in [0.717, 1.165) is 24.4 Å². The van der Waals surface area contributed by atoms with Crippen LogP contribution in [0.5, 0.6) is 0 Å². The van der Waals surface area contributed by atoms with Crippen LogP contribution in [0.15, 0.2) is 24.3 Å². The lowest BCUT2D eigenvalue weighted by Crippen LogP contribution is -2.31. The smallest absolute Gasteiger partial charge is 0.126 e. The van der Waals surface area contributed by atoms with Gasteiger partial charge in [-0.2, -0.15) is 0 Å². The molecule has 0 bridgehead atoms. The summed E-state index contributed by atoms with van der Waals surface area (Å²) in [5.74, 6) is 1.82. The second-order valence-electron chi connectivity index (χ2n) is 5.47. The molecule has 17 heavy (non-hydrogen) atoms. The van der Waals surface area contributed by atoms with E-state index in [4.69, 9.17) is 5.73 Å². The summed E-state index contributed by atoms with van der Waals surface area (Å²) >= 11 is 0. The second kappa shape index (κ2) is 5.63. The minimum Gasteiger partial charge on any atom is -0.330 e. The number of nitrogens with two attached hydrogens (primary N) is 1. The van der Waals surface area contributed by atoms with Crippen LogP contribution in [0.3, 0.4) is 0 Å². The minimum atomic E-state index is -0.0681. The van der Waals surface area contributed by atoms with Crippen LogP contribution >= 0.6 is 0 Å². The van der Waals surface area contributed by atoms with Gasteiger partial charge in [-0.1, -0.05) is 31.5 Å². The van der Waals surface area contributed by atoms with Crippen molar-refractivity contribution in [2.75, 3.05) is 6.54 Å². The monoisotopic (exact) mass is 235 g/mol. The van der Waals surface area contributed by atoms with Crippen LogP contribution in [0.2, 0.25) is 0 Å². The molecule has 0 aromatic heterocycles. The van der Waals surface area contributed by atoms with Gasteiger partial charge < -0.3 is 5.73 Å². The zero-order chi connectivity index (χ0) is 12.3. The molecule has 2 heteroatoms. The summed E-state index contributed by atoms with van der Waals surface area (Å²) in [7, 11) is 0. The van der Waals surface area contributed by atoms with Crippen LogP contribution in [0.4, 0.5) is 4.39 Å². The van der Waals surface area contributed by atoms with Gasteiger partial charge in [0.15, 0.2) is 0 Å². The molecule has 0 saturated heterocycles. The van der Waals surface area contributed by atoms with Crippen molar-refractivity contribution >= 4 is 0 Å². The number of hydrogen-bond acceptors (Lipinski definition) is 1. The average Bonchev–Trinajstić information content (AvgIpc) is 2.32. The van der Waals surface area contributed by atoms with E-state index in [0.29, 0.717) is 11.8 Å². The Kier molecular flexibility index (Phi) is 4.16. The fraction of sp³-hybridized carbons (Fsp3) is 0.600. The summed E-state index contributed by atoms with van der Waals surface area (Å²) in [5.41, 5.74) is 6.69. The Balaban J connectivity index is 2.07. The molecule has 0 radical (unpaired) electrons. The highest BCUT2D eigenvalue weighted by atomic mass is 19.1. The fourth-order valence-electron chi connectivity index (χ4n) is 3.07. The highest BCUT2D eigenvalue weighted by Crippen LogP contribution is 2.35. The number of rotatable bonds is 3. The minimum absolute atomic E-state index is 0.0681. The molecule has 0 aliphatic heterocycles. The van der Waals surface area contributed by atoms with Gasteiger partial charge in [-0.05, 0) is 55.2 Å². The molecule has 1 aromatic rings. The van der Waals surface area contributed by atoms with Gasteiger partial charge in [0.05, 0.1) is 0 Å². The van der Waals surface area contributed by atoms with Gasteiger partial charge in [-0.25, -0.2) is 4.39 Å². The van der Waals surface area contributed by atoms with Gasteiger partial charge in [-0.3, -0.25) is 0 Å². The maximum atomic E-state index is 13.6. The summed E-state index contributed by atoms with van der Waals surface area (Å²) in [5, 5.41) is 0. The number of halogens is 1. The van der Waals surface area contributed by atoms with E-state index in [1.165, 1.54) is 19.3 Å². The SMILES string of the molecule is CC1CCC(CN)C(Cc2ccccc2F)C1. The lowest BCUT2D eigenvalue weighted by atomic mass is 9.72. The molecule has 2 rings (SSSR count). The predicted octanol–water partition coefficient (Wildman–Crippen LogP) is 3.38. The standard InChI is InChI=1S/C15H22FN/c1-11-6-7-13(10-17)14(8-11)9-12-4-2-3-5-15(12)16/h2-5,11,13-14H,6-10,17H2,1H3. The van der Waals surface area contributed by atoms with Gasteiger partial charge in [0.2, 0.25) is 0 Å². The predicted molar refractivity (Wildman–Crippen MR) is 69.2 cm³/mol. The summed E-state index contributed by atoms with van der Waals surface area (Å²) < 4.78 is 13.6. The molecule has 1 aliphatic rings. The molecule has 1 aromatic carbocycles. The first kappa shape index (κ1) is 12.6. The highest BCUT2D eigenvalue weighted by Gasteiger charge is 2.28. The van der Waals surface area contributed by atoms with Crippen molar-refractivity contribution in [3.63, 3.8) is 0 Å². The van der Waals surface area contributed by atoms with Crippen LogP contribution in [0.1, 0.15) is 31.7 Å². The largest absolute Gasteiger partial charge is 0.330 e. The molecule has 1 fully saturated rings. The summed E-state index contributed by atoms with van der Waals surface area (Å²) in [4.78, 5) is 0. The van der Waals surface area contributed by atoms with Crippen molar-refractivity contribution in [3.8, 4) is 0 Å². The van der Waals surface area contributed by atoms with Gasteiger partial charge in [-0.15, -0.1) is 0 Å². The van der Waals surface area contributed by atoms with Crippen molar-refractivity contribution in [2.24, 2.45) is 23.5 Å². The zero-order valence-corrected chi connectivity index (χ0v) is 10.5. The Morgan fingerprint density at radius 3 is 2.71 bits per heavy atom. The molecule has 0 heterocycles. The summed E-state index contributed by atoms with van der Waals surface area (Å²) in [6.45, 7) is 3.03. The van der Waals surface area contributed by atoms with Gasteiger partial charge in [0.25, 0.3) is 0 Å². The first-order valence-corrected chi connectivity index (χ1v) is 6.64. The first-order chi connectivity index (χ1) is 8.20. The lowest BCUT2D eigenvalue weighted by molar-refractivity contribution is 0.192. The second-order valence-corrected chi connectivity index (χ2v) is 5.47. The Morgan fingerprint density at radius 2 is 2.00 bits per heavy atom. The van der Waals surface area contributed by atoms with E-state index in [2.05, 4.69) is 6.92 Å². The normalized spacial score (nSPS) is 29.2. The molecule has 1 nitrogen and oxygen atoms in total. The quantitative estimate of drug-likeness (QED) is 0.854. The van der Waals surface area contributed by atoms with E-state index in [-0.39, 0.29) is 5.82 Å². The number of benzene rings is 1. The maximum Gasteiger partial charge on any atom is 0.126 e. The van der Waals surface area contributed by atoms with E-state index < -0.39 is 0 Å². The third kappa shape index (κ3) is 3.06. The molecule has 3 unspecified atom stereocenters. The Morgan fingerprint density at radius 1 is 1.24 bits per heavy atom. The van der Waals surface area contributed by atoms with Crippen molar-refractivity contribution in [3.05, 3.63) is 35.6 Å². The summed E-state index contributed by atoms with van der Waals surface area (Å²) in [6, 6.07) is 7.13. The van der Waals surface area contributed by atoms with Gasteiger partial charge in [0.1, 0.15) is 5.82 Å². The van der Waals surface area contributed by atoms with Crippen LogP contribution in [0, 0.1) is 23.6 Å². The highest BCUT2D eigenvalue weighted by molar-refractivity contribution is 5.18. The maximum absolute atomic E-state index is 13.6. The third-order valence-electron chi connectivity index (χ3n) is 4.14.